The second kappa shape index (κ2) is 9.80. The number of carbonyl (C=O) groups is 2. The number of halogens is 3. The number of hydrogen-bond donors (Lipinski definition) is 1. The number of carbonyl (C=O) groups excluding carboxylic acids is 2. The average Bonchev–Trinajstić information content (AvgIpc) is 3.49. The van der Waals surface area contributed by atoms with Gasteiger partial charge in [-0.1, -0.05) is 11.8 Å². The Morgan fingerprint density at radius 1 is 1.32 bits per heavy atom. The molecule has 0 aliphatic carbocycles. The Balaban J connectivity index is 1.51. The first kappa shape index (κ1) is 24.3. The van der Waals surface area contributed by atoms with Gasteiger partial charge >= 0.3 is 0 Å². The number of alkyl halides is 3. The average molecular weight is 514 g/mol. The highest BCUT2D eigenvalue weighted by molar-refractivity contribution is 8.00. The molecule has 34 heavy (non-hydrogen) atoms. The minimum atomic E-state index is -2.92. The number of amides is 1. The van der Waals surface area contributed by atoms with Gasteiger partial charge in [0.05, 0.1) is 35.9 Å². The van der Waals surface area contributed by atoms with Crippen molar-refractivity contribution in [1.82, 2.24) is 24.8 Å². The fourth-order valence-corrected chi connectivity index (χ4v) is 5.31. The molecule has 0 radical (unpaired) electrons. The third-order valence-corrected chi connectivity index (χ3v) is 7.36. The molecule has 3 aromatic heterocycles. The molecule has 0 aromatic carbocycles. The number of ketones is 1. The minimum Gasteiger partial charge on any atom is -0.495 e. The number of nitrogens with zero attached hydrogens (tertiary/aromatic N) is 5. The predicted molar refractivity (Wildman–Crippen MR) is 117 cm³/mol. The maximum absolute atomic E-state index is 15.3. The molecule has 1 N–H and O–H groups in total. The van der Waals surface area contributed by atoms with Crippen LogP contribution in [-0.2, 0) is 10.5 Å². The highest BCUT2D eigenvalue weighted by Gasteiger charge is 2.44. The summed E-state index contributed by atoms with van der Waals surface area (Å²) >= 11 is 1.80. The summed E-state index contributed by atoms with van der Waals surface area (Å²) < 4.78 is 46.9. The number of ether oxygens (including phenoxy) is 1. The lowest BCUT2D eigenvalue weighted by Crippen LogP contribution is -2.33. The molecular formula is C20H18F3N5O4S2. The second-order valence-corrected chi connectivity index (χ2v) is 9.36. The first-order chi connectivity index (χ1) is 16.2. The Morgan fingerprint density at radius 3 is 2.82 bits per heavy atom. The summed E-state index contributed by atoms with van der Waals surface area (Å²) in [5.74, 6) is -1.46. The van der Waals surface area contributed by atoms with Crippen molar-refractivity contribution in [1.29, 1.82) is 0 Å². The van der Waals surface area contributed by atoms with Crippen LogP contribution < -0.4 is 4.74 Å². The molecule has 1 aliphatic rings. The molecule has 0 bridgehead atoms. The van der Waals surface area contributed by atoms with Crippen LogP contribution in [0.1, 0.15) is 33.3 Å². The summed E-state index contributed by atoms with van der Waals surface area (Å²) in [6.07, 6.45) is -0.314. The van der Waals surface area contributed by atoms with Crippen molar-refractivity contribution in [2.45, 2.75) is 23.5 Å². The van der Waals surface area contributed by atoms with Gasteiger partial charge in [0.25, 0.3) is 6.43 Å². The molecule has 1 fully saturated rings. The smallest absolute Gasteiger partial charge is 0.297 e. The van der Waals surface area contributed by atoms with Gasteiger partial charge < -0.3 is 14.7 Å². The van der Waals surface area contributed by atoms with Crippen LogP contribution in [0.25, 0.3) is 11.0 Å². The fraction of sp³-hybridized carbons (Fsp3) is 0.400. The van der Waals surface area contributed by atoms with Crippen LogP contribution in [0.3, 0.4) is 0 Å². The molecule has 3 aromatic rings. The lowest BCUT2D eigenvalue weighted by Gasteiger charge is -2.18. The standard InChI is InChI=1S/C20H18F3N5O4S2/c1-32-10-4-11-16(24-5-10)26-17(15(21)22)27-18(11)33-8-12(30)13-6-25-19(34-13)20(23)2-3-28(9-20)14(31)7-29/h4-6,15,29H,2-3,7-9H2,1H3. The van der Waals surface area contributed by atoms with Crippen molar-refractivity contribution in [3.8, 4) is 5.75 Å². The van der Waals surface area contributed by atoms with E-state index in [2.05, 4.69) is 19.9 Å². The van der Waals surface area contributed by atoms with E-state index in [-0.39, 0.29) is 51.6 Å². The molecule has 1 unspecified atom stereocenters. The number of methoxy groups -OCH3 is 1. The van der Waals surface area contributed by atoms with Gasteiger partial charge in [0.2, 0.25) is 5.91 Å². The molecule has 0 spiro atoms. The van der Waals surface area contributed by atoms with Crippen LogP contribution >= 0.6 is 23.1 Å². The molecule has 1 saturated heterocycles. The zero-order valence-corrected chi connectivity index (χ0v) is 19.3. The third kappa shape index (κ3) is 4.83. The number of aliphatic hydroxyl groups excluding tert-OH is 1. The molecule has 180 valence electrons. The Hall–Kier alpha value is -2.84. The lowest BCUT2D eigenvalue weighted by molar-refractivity contribution is -0.133. The predicted octanol–water partition coefficient (Wildman–Crippen LogP) is 2.79. The Morgan fingerprint density at radius 2 is 2.12 bits per heavy atom. The summed E-state index contributed by atoms with van der Waals surface area (Å²) in [5, 5.41) is 9.53. The van der Waals surface area contributed by atoms with E-state index in [1.807, 2.05) is 0 Å². The van der Waals surface area contributed by atoms with E-state index in [1.165, 1.54) is 24.4 Å². The molecule has 1 amide bonds. The molecule has 1 atom stereocenters. The van der Waals surface area contributed by atoms with Crippen LogP contribution in [0.4, 0.5) is 13.2 Å². The summed E-state index contributed by atoms with van der Waals surface area (Å²) in [6.45, 7) is -0.818. The SMILES string of the molecule is COc1cnc2nc(C(F)F)nc(SCC(=O)c3cnc(C4(F)CCN(C(=O)CO)C4)s3)c2c1. The molecule has 14 heteroatoms. The number of fused-ring (bicyclic) bond motifs is 1. The van der Waals surface area contributed by atoms with E-state index in [4.69, 9.17) is 9.84 Å². The number of hydrogen-bond acceptors (Lipinski definition) is 10. The second-order valence-electron chi connectivity index (χ2n) is 7.36. The number of aliphatic hydroxyl groups is 1. The monoisotopic (exact) mass is 513 g/mol. The Labute approximate surface area is 199 Å². The number of thioether (sulfide) groups is 1. The van der Waals surface area contributed by atoms with Gasteiger partial charge in [0.1, 0.15) is 22.4 Å². The molecule has 9 nitrogen and oxygen atoms in total. The van der Waals surface area contributed by atoms with Gasteiger partial charge in [-0.05, 0) is 6.07 Å². The maximum Gasteiger partial charge on any atom is 0.297 e. The van der Waals surface area contributed by atoms with Gasteiger partial charge in [0.15, 0.2) is 22.9 Å². The van der Waals surface area contributed by atoms with Crippen LogP contribution in [0, 0.1) is 0 Å². The third-order valence-electron chi connectivity index (χ3n) is 5.15. The summed E-state index contributed by atoms with van der Waals surface area (Å²) in [5.41, 5.74) is -1.86. The molecular weight excluding hydrogens is 495 g/mol. The maximum atomic E-state index is 15.3. The van der Waals surface area contributed by atoms with E-state index >= 15 is 4.39 Å². The Bertz CT molecular complexity index is 1240. The fourth-order valence-electron chi connectivity index (χ4n) is 3.38. The van der Waals surface area contributed by atoms with E-state index < -0.39 is 30.4 Å². The Kier molecular flexibility index (Phi) is 7.00. The van der Waals surface area contributed by atoms with Crippen LogP contribution in [0.5, 0.6) is 5.75 Å². The summed E-state index contributed by atoms with van der Waals surface area (Å²) in [4.78, 5) is 41.5. The van der Waals surface area contributed by atoms with Crippen molar-refractivity contribution in [2.24, 2.45) is 0 Å². The molecule has 4 rings (SSSR count). The molecule has 4 heterocycles. The quantitative estimate of drug-likeness (QED) is 0.276. The van der Waals surface area contributed by atoms with Gasteiger partial charge in [-0.15, -0.1) is 11.3 Å². The largest absolute Gasteiger partial charge is 0.495 e. The van der Waals surface area contributed by atoms with Crippen LogP contribution in [-0.4, -0.2) is 74.2 Å². The van der Waals surface area contributed by atoms with Crippen molar-refractivity contribution in [3.05, 3.63) is 34.2 Å². The number of rotatable bonds is 8. The zero-order chi connectivity index (χ0) is 24.5. The van der Waals surface area contributed by atoms with E-state index in [0.29, 0.717) is 11.1 Å². The minimum absolute atomic E-state index is 0.00674. The van der Waals surface area contributed by atoms with Gasteiger partial charge in [-0.25, -0.2) is 33.1 Å². The number of aromatic nitrogens is 4. The highest BCUT2D eigenvalue weighted by Crippen LogP contribution is 2.39. The van der Waals surface area contributed by atoms with Gasteiger partial charge in [-0.3, -0.25) is 9.59 Å². The highest BCUT2D eigenvalue weighted by atomic mass is 32.2. The van der Waals surface area contributed by atoms with Crippen molar-refractivity contribution >= 4 is 45.8 Å². The first-order valence-corrected chi connectivity index (χ1v) is 11.7. The van der Waals surface area contributed by atoms with Gasteiger partial charge in [-0.2, -0.15) is 0 Å². The van der Waals surface area contributed by atoms with Crippen LogP contribution in [0.15, 0.2) is 23.5 Å². The number of thiazole rings is 1. The normalized spacial score (nSPS) is 18.1. The van der Waals surface area contributed by atoms with E-state index in [1.54, 1.807) is 6.07 Å². The topological polar surface area (TPSA) is 118 Å². The lowest BCUT2D eigenvalue weighted by atomic mass is 10.1. The first-order valence-electron chi connectivity index (χ1n) is 9.94. The molecule has 1 aliphatic heterocycles. The number of Topliss-reactive ketones (excluding diaryl/α,β-unsaturated/α-hetero) is 1. The van der Waals surface area contributed by atoms with Crippen LogP contribution in [0.2, 0.25) is 0 Å². The number of likely N-dealkylation sites (tertiary alicyclic amines) is 1. The van der Waals surface area contributed by atoms with Crippen molar-refractivity contribution < 1.29 is 32.6 Å². The van der Waals surface area contributed by atoms with Gasteiger partial charge in [0, 0.05) is 19.2 Å². The molecule has 0 saturated carbocycles. The number of pyridine rings is 1. The van der Waals surface area contributed by atoms with Crippen molar-refractivity contribution in [2.75, 3.05) is 32.6 Å². The van der Waals surface area contributed by atoms with E-state index in [0.717, 1.165) is 23.1 Å². The summed E-state index contributed by atoms with van der Waals surface area (Å²) in [6, 6.07) is 1.54. The van der Waals surface area contributed by atoms with Crippen molar-refractivity contribution in [3.63, 3.8) is 0 Å². The summed E-state index contributed by atoms with van der Waals surface area (Å²) in [7, 11) is 1.43. The van der Waals surface area contributed by atoms with E-state index in [9.17, 15) is 18.4 Å². The zero-order valence-electron chi connectivity index (χ0n) is 17.7.